The summed E-state index contributed by atoms with van der Waals surface area (Å²) >= 11 is 0. The monoisotopic (exact) mass is 478 g/mol. The third kappa shape index (κ3) is 9.14. The number of hydrogen-bond acceptors (Lipinski definition) is 3. The molecule has 0 spiro atoms. The van der Waals surface area contributed by atoms with Crippen molar-refractivity contribution in [3.63, 3.8) is 0 Å². The van der Waals surface area contributed by atoms with Gasteiger partial charge in [0.15, 0.2) is 5.96 Å². The van der Waals surface area contributed by atoms with Crippen LogP contribution in [0.3, 0.4) is 0 Å². The predicted molar refractivity (Wildman–Crippen MR) is 116 cm³/mol. The van der Waals surface area contributed by atoms with E-state index in [9.17, 15) is 4.39 Å². The van der Waals surface area contributed by atoms with Crippen LogP contribution in [0.4, 0.5) is 4.39 Å². The third-order valence-corrected chi connectivity index (χ3v) is 4.27. The van der Waals surface area contributed by atoms with E-state index in [0.29, 0.717) is 0 Å². The molecule has 1 fully saturated rings. The van der Waals surface area contributed by atoms with Crippen LogP contribution < -0.4 is 10.6 Å². The number of ether oxygens (including phenoxy) is 1. The minimum absolute atomic E-state index is 0. The lowest BCUT2D eigenvalue weighted by atomic mass is 10.1. The first-order chi connectivity index (χ1) is 12.2. The van der Waals surface area contributed by atoms with Crippen molar-refractivity contribution in [1.29, 1.82) is 0 Å². The summed E-state index contributed by atoms with van der Waals surface area (Å²) in [7, 11) is 1.75. The van der Waals surface area contributed by atoms with Gasteiger partial charge in [0.2, 0.25) is 0 Å². The standard InChI is InChI=1S/C19H31FN4O.HI/c1-3-21-19(22-11-10-16-4-6-17(20)7-5-16)23-12-13-24(14-15-25-2)18-8-9-18;/h4-7,18H,3,8-15H2,1-2H3,(H2,21,22,23);1H. The Kier molecular flexibility index (Phi) is 11.8. The molecule has 0 saturated heterocycles. The Morgan fingerprint density at radius 1 is 1.23 bits per heavy atom. The quantitative estimate of drug-likeness (QED) is 0.292. The van der Waals surface area contributed by atoms with E-state index in [-0.39, 0.29) is 29.8 Å². The Balaban J connectivity index is 0.00000338. The van der Waals surface area contributed by atoms with Crippen LogP contribution in [0.2, 0.25) is 0 Å². The van der Waals surface area contributed by atoms with Gasteiger partial charge in [-0.3, -0.25) is 9.89 Å². The van der Waals surface area contributed by atoms with E-state index in [2.05, 4.69) is 27.4 Å². The van der Waals surface area contributed by atoms with Crippen LogP contribution in [0.15, 0.2) is 29.3 Å². The maximum absolute atomic E-state index is 12.9. The molecule has 0 radical (unpaired) electrons. The second-order valence-corrected chi connectivity index (χ2v) is 6.32. The van der Waals surface area contributed by atoms with Gasteiger partial charge < -0.3 is 15.4 Å². The highest BCUT2D eigenvalue weighted by Gasteiger charge is 2.28. The van der Waals surface area contributed by atoms with Crippen molar-refractivity contribution in [3.05, 3.63) is 35.6 Å². The summed E-state index contributed by atoms with van der Waals surface area (Å²) in [6.45, 7) is 7.15. The van der Waals surface area contributed by atoms with Gasteiger partial charge in [-0.15, -0.1) is 24.0 Å². The van der Waals surface area contributed by atoms with Crippen molar-refractivity contribution in [1.82, 2.24) is 15.5 Å². The van der Waals surface area contributed by atoms with Crippen molar-refractivity contribution < 1.29 is 9.13 Å². The highest BCUT2D eigenvalue weighted by molar-refractivity contribution is 14.0. The summed E-state index contributed by atoms with van der Waals surface area (Å²) in [6.07, 6.45) is 3.43. The van der Waals surface area contributed by atoms with Gasteiger partial charge in [0.05, 0.1) is 13.2 Å². The maximum Gasteiger partial charge on any atom is 0.191 e. The predicted octanol–water partition coefficient (Wildman–Crippen LogP) is 2.65. The fourth-order valence-corrected chi connectivity index (χ4v) is 2.73. The minimum atomic E-state index is -0.194. The molecule has 0 aromatic heterocycles. The molecule has 0 amide bonds. The van der Waals surface area contributed by atoms with Gasteiger partial charge in [-0.25, -0.2) is 4.39 Å². The highest BCUT2D eigenvalue weighted by Crippen LogP contribution is 2.26. The number of rotatable bonds is 11. The summed E-state index contributed by atoms with van der Waals surface area (Å²) in [5, 5.41) is 6.62. The molecule has 26 heavy (non-hydrogen) atoms. The number of methoxy groups -OCH3 is 1. The Hall–Kier alpha value is -0.930. The van der Waals surface area contributed by atoms with Gasteiger partial charge in [-0.2, -0.15) is 0 Å². The largest absolute Gasteiger partial charge is 0.383 e. The molecular formula is C19H32FIN4O. The lowest BCUT2D eigenvalue weighted by molar-refractivity contribution is 0.145. The van der Waals surface area contributed by atoms with Gasteiger partial charge >= 0.3 is 0 Å². The Morgan fingerprint density at radius 2 is 1.96 bits per heavy atom. The lowest BCUT2D eigenvalue weighted by Crippen LogP contribution is -2.39. The van der Waals surface area contributed by atoms with Gasteiger partial charge in [0.25, 0.3) is 0 Å². The molecule has 0 unspecified atom stereocenters. The minimum Gasteiger partial charge on any atom is -0.383 e. The summed E-state index contributed by atoms with van der Waals surface area (Å²) in [5.41, 5.74) is 1.12. The van der Waals surface area contributed by atoms with Crippen molar-refractivity contribution in [2.45, 2.75) is 32.2 Å². The van der Waals surface area contributed by atoms with Crippen LogP contribution in [-0.2, 0) is 11.2 Å². The second-order valence-electron chi connectivity index (χ2n) is 6.32. The number of benzene rings is 1. The van der Waals surface area contributed by atoms with Crippen LogP contribution in [0, 0.1) is 5.82 Å². The van der Waals surface area contributed by atoms with Gasteiger partial charge in [-0.05, 0) is 43.9 Å². The average molecular weight is 478 g/mol. The Labute approximate surface area is 173 Å². The van der Waals surface area contributed by atoms with E-state index in [1.54, 1.807) is 7.11 Å². The van der Waals surface area contributed by atoms with E-state index >= 15 is 0 Å². The fourth-order valence-electron chi connectivity index (χ4n) is 2.73. The molecule has 1 aliphatic rings. The van der Waals surface area contributed by atoms with Crippen LogP contribution >= 0.6 is 24.0 Å². The lowest BCUT2D eigenvalue weighted by Gasteiger charge is -2.20. The van der Waals surface area contributed by atoms with Gasteiger partial charge in [-0.1, -0.05) is 12.1 Å². The summed E-state index contributed by atoms with van der Waals surface area (Å²) < 4.78 is 18.1. The number of aliphatic imine (C=N–C) groups is 1. The molecule has 0 heterocycles. The molecule has 1 saturated carbocycles. The molecule has 2 rings (SSSR count). The first kappa shape index (κ1) is 23.1. The zero-order valence-electron chi connectivity index (χ0n) is 15.8. The topological polar surface area (TPSA) is 48.9 Å². The first-order valence-corrected chi connectivity index (χ1v) is 9.22. The molecule has 1 aliphatic carbocycles. The Bertz CT molecular complexity index is 523. The molecule has 0 aliphatic heterocycles. The van der Waals surface area contributed by atoms with Crippen LogP contribution in [-0.4, -0.2) is 63.3 Å². The smallest absolute Gasteiger partial charge is 0.191 e. The maximum atomic E-state index is 12.9. The van der Waals surface area contributed by atoms with E-state index < -0.39 is 0 Å². The average Bonchev–Trinajstić information content (AvgIpc) is 3.44. The van der Waals surface area contributed by atoms with Crippen molar-refractivity contribution >= 4 is 29.9 Å². The molecule has 5 nitrogen and oxygen atoms in total. The number of hydrogen-bond donors (Lipinski definition) is 2. The Morgan fingerprint density at radius 3 is 2.58 bits per heavy atom. The molecule has 148 valence electrons. The molecule has 0 atom stereocenters. The SMILES string of the molecule is CCNC(=NCCN(CCOC)C1CC1)NCCc1ccc(F)cc1.I. The summed E-state index contributed by atoms with van der Waals surface area (Å²) in [4.78, 5) is 7.14. The number of nitrogens with one attached hydrogen (secondary N) is 2. The normalized spacial score (nSPS) is 14.2. The molecule has 7 heteroatoms. The zero-order chi connectivity index (χ0) is 17.9. The van der Waals surface area contributed by atoms with Crippen molar-refractivity contribution in [2.24, 2.45) is 4.99 Å². The number of guanidine groups is 1. The van der Waals surface area contributed by atoms with E-state index in [1.165, 1.54) is 25.0 Å². The van der Waals surface area contributed by atoms with Crippen molar-refractivity contribution in [3.8, 4) is 0 Å². The van der Waals surface area contributed by atoms with Crippen molar-refractivity contribution in [2.75, 3.05) is 46.4 Å². The molecule has 2 N–H and O–H groups in total. The van der Waals surface area contributed by atoms with Crippen LogP contribution in [0.1, 0.15) is 25.3 Å². The fraction of sp³-hybridized carbons (Fsp3) is 0.632. The van der Waals surface area contributed by atoms with Gasteiger partial charge in [0, 0.05) is 39.3 Å². The van der Waals surface area contributed by atoms with E-state index in [1.807, 2.05) is 12.1 Å². The second kappa shape index (κ2) is 13.3. The number of nitrogens with zero attached hydrogens (tertiary/aromatic N) is 2. The van der Waals surface area contributed by atoms with Crippen LogP contribution in [0.25, 0.3) is 0 Å². The zero-order valence-corrected chi connectivity index (χ0v) is 18.2. The molecule has 1 aromatic rings. The molecule has 1 aromatic carbocycles. The highest BCUT2D eigenvalue weighted by atomic mass is 127. The molecular weight excluding hydrogens is 446 g/mol. The number of halogens is 2. The summed E-state index contributed by atoms with van der Waals surface area (Å²) in [6, 6.07) is 7.37. The molecule has 0 bridgehead atoms. The van der Waals surface area contributed by atoms with Gasteiger partial charge in [0.1, 0.15) is 5.82 Å². The summed E-state index contributed by atoms with van der Waals surface area (Å²) in [5.74, 6) is 0.646. The van der Waals surface area contributed by atoms with E-state index in [0.717, 1.165) is 63.3 Å². The van der Waals surface area contributed by atoms with Crippen LogP contribution in [0.5, 0.6) is 0 Å². The van der Waals surface area contributed by atoms with E-state index in [4.69, 9.17) is 4.74 Å². The third-order valence-electron chi connectivity index (χ3n) is 4.27. The first-order valence-electron chi connectivity index (χ1n) is 9.22.